The van der Waals surface area contributed by atoms with Crippen LogP contribution in [0.4, 0.5) is 0 Å². The van der Waals surface area contributed by atoms with Crippen molar-refractivity contribution in [2.45, 2.75) is 44.9 Å². The van der Waals surface area contributed by atoms with Gasteiger partial charge in [-0.2, -0.15) is 0 Å². The molecule has 0 heterocycles. The van der Waals surface area contributed by atoms with Gasteiger partial charge in [0.1, 0.15) is 0 Å². The van der Waals surface area contributed by atoms with Crippen LogP contribution in [0.25, 0.3) is 0 Å². The molecule has 0 radical (unpaired) electrons. The van der Waals surface area contributed by atoms with Gasteiger partial charge in [-0.3, -0.25) is 9.59 Å². The highest BCUT2D eigenvalue weighted by Crippen LogP contribution is 2.38. The molecule has 1 unspecified atom stereocenters. The van der Waals surface area contributed by atoms with E-state index in [2.05, 4.69) is 17.5 Å². The topological polar surface area (TPSA) is 55.4 Å². The molecule has 4 nitrogen and oxygen atoms in total. The lowest BCUT2D eigenvalue weighted by molar-refractivity contribution is -0.152. The van der Waals surface area contributed by atoms with Crippen molar-refractivity contribution in [3.05, 3.63) is 12.2 Å². The van der Waals surface area contributed by atoms with Crippen molar-refractivity contribution >= 4 is 11.9 Å². The maximum absolute atomic E-state index is 12.1. The predicted molar refractivity (Wildman–Crippen MR) is 72.4 cm³/mol. The minimum atomic E-state index is -0.477. The summed E-state index contributed by atoms with van der Waals surface area (Å²) in [5.74, 6) is -0.0190. The first-order valence-electron chi connectivity index (χ1n) is 7.19. The highest BCUT2D eigenvalue weighted by molar-refractivity contribution is 5.81. The van der Waals surface area contributed by atoms with E-state index in [-0.39, 0.29) is 17.8 Å². The fourth-order valence-electron chi connectivity index (χ4n) is 3.15. The lowest BCUT2D eigenvalue weighted by Crippen LogP contribution is -2.43. The van der Waals surface area contributed by atoms with E-state index < -0.39 is 5.41 Å². The molecule has 2 rings (SSSR count). The number of hydrogen-bond donors (Lipinski definition) is 1. The highest BCUT2D eigenvalue weighted by atomic mass is 16.5. The number of rotatable bonds is 4. The smallest absolute Gasteiger partial charge is 0.313 e. The average Bonchev–Trinajstić information content (AvgIpc) is 2.95. The Bertz CT molecular complexity index is 370. The molecule has 1 saturated carbocycles. The normalized spacial score (nSPS) is 25.0. The van der Waals surface area contributed by atoms with Crippen molar-refractivity contribution in [1.29, 1.82) is 0 Å². The van der Waals surface area contributed by atoms with Crippen molar-refractivity contribution in [2.75, 3.05) is 13.7 Å². The Hall–Kier alpha value is -1.32. The quantitative estimate of drug-likeness (QED) is 0.626. The summed E-state index contributed by atoms with van der Waals surface area (Å²) in [6, 6.07) is 0. The summed E-state index contributed by atoms with van der Waals surface area (Å²) in [5.41, 5.74) is -0.477. The molecule has 2 aliphatic rings. The van der Waals surface area contributed by atoms with Crippen LogP contribution in [0.15, 0.2) is 12.2 Å². The fraction of sp³-hybridized carbons (Fsp3) is 0.733. The Morgan fingerprint density at radius 3 is 2.63 bits per heavy atom. The molecule has 19 heavy (non-hydrogen) atoms. The van der Waals surface area contributed by atoms with E-state index in [1.165, 1.54) is 7.11 Å². The molecule has 1 fully saturated rings. The molecule has 2 aliphatic carbocycles. The third kappa shape index (κ3) is 3.17. The molecule has 106 valence electrons. The molecule has 0 bridgehead atoms. The van der Waals surface area contributed by atoms with Crippen molar-refractivity contribution in [1.82, 2.24) is 5.32 Å². The number of allylic oxidation sites excluding steroid dienone is 2. The second-order valence-corrected chi connectivity index (χ2v) is 5.68. The lowest BCUT2D eigenvalue weighted by atomic mass is 9.85. The molecule has 0 aliphatic heterocycles. The SMILES string of the molecule is COC(=O)C1(CNC(=O)C2CC=CCC2)CCCC1. The van der Waals surface area contributed by atoms with Crippen molar-refractivity contribution in [2.24, 2.45) is 11.3 Å². The van der Waals surface area contributed by atoms with E-state index in [0.717, 1.165) is 44.9 Å². The van der Waals surface area contributed by atoms with Gasteiger partial charge in [-0.05, 0) is 32.1 Å². The van der Waals surface area contributed by atoms with Gasteiger partial charge in [-0.15, -0.1) is 0 Å². The summed E-state index contributed by atoms with van der Waals surface area (Å²) in [6.07, 6.45) is 10.6. The Kier molecular flexibility index (Phi) is 4.61. The van der Waals surface area contributed by atoms with Gasteiger partial charge in [0.2, 0.25) is 5.91 Å². The number of methoxy groups -OCH3 is 1. The van der Waals surface area contributed by atoms with Crippen LogP contribution in [0.2, 0.25) is 0 Å². The van der Waals surface area contributed by atoms with Gasteiger partial charge in [0.15, 0.2) is 0 Å². The minimum absolute atomic E-state index is 0.0705. The Balaban J connectivity index is 1.90. The van der Waals surface area contributed by atoms with Crippen LogP contribution in [0.3, 0.4) is 0 Å². The van der Waals surface area contributed by atoms with Crippen LogP contribution in [0.1, 0.15) is 44.9 Å². The van der Waals surface area contributed by atoms with Gasteiger partial charge in [-0.25, -0.2) is 0 Å². The van der Waals surface area contributed by atoms with Crippen molar-refractivity contribution in [3.8, 4) is 0 Å². The summed E-state index contributed by atoms with van der Waals surface area (Å²) < 4.78 is 4.91. The molecule has 0 spiro atoms. The van der Waals surface area contributed by atoms with Gasteiger partial charge in [-0.1, -0.05) is 25.0 Å². The number of esters is 1. The molecular formula is C15H23NO3. The first-order chi connectivity index (χ1) is 9.18. The number of hydrogen-bond acceptors (Lipinski definition) is 3. The summed E-state index contributed by atoms with van der Waals surface area (Å²) in [7, 11) is 1.43. The minimum Gasteiger partial charge on any atom is -0.469 e. The summed E-state index contributed by atoms with van der Waals surface area (Å²) in [5, 5.41) is 2.98. The molecule has 4 heteroatoms. The predicted octanol–water partition coefficient (Wildman–Crippen LogP) is 2.19. The number of nitrogens with one attached hydrogen (secondary N) is 1. The zero-order valence-electron chi connectivity index (χ0n) is 11.6. The first-order valence-corrected chi connectivity index (χ1v) is 7.19. The summed E-state index contributed by atoms with van der Waals surface area (Å²) in [6.45, 7) is 0.429. The van der Waals surface area contributed by atoms with Gasteiger partial charge < -0.3 is 10.1 Å². The number of amides is 1. The zero-order chi connectivity index (χ0) is 13.7. The van der Waals surface area contributed by atoms with E-state index >= 15 is 0 Å². The molecule has 0 aromatic rings. The first kappa shape index (κ1) is 14.1. The second kappa shape index (κ2) is 6.22. The van der Waals surface area contributed by atoms with Crippen molar-refractivity contribution in [3.63, 3.8) is 0 Å². The number of carbonyl (C=O) groups is 2. The van der Waals surface area contributed by atoms with E-state index in [9.17, 15) is 9.59 Å². The molecule has 0 saturated heterocycles. The Labute approximate surface area is 114 Å². The van der Waals surface area contributed by atoms with Crippen molar-refractivity contribution < 1.29 is 14.3 Å². The van der Waals surface area contributed by atoms with Crippen LogP contribution in [0, 0.1) is 11.3 Å². The van der Waals surface area contributed by atoms with E-state index in [1.54, 1.807) is 0 Å². The third-order valence-corrected chi connectivity index (χ3v) is 4.42. The van der Waals surface area contributed by atoms with E-state index in [0.29, 0.717) is 6.54 Å². The largest absolute Gasteiger partial charge is 0.469 e. The third-order valence-electron chi connectivity index (χ3n) is 4.42. The maximum Gasteiger partial charge on any atom is 0.313 e. The molecule has 0 aromatic carbocycles. The van der Waals surface area contributed by atoms with Crippen LogP contribution >= 0.6 is 0 Å². The lowest BCUT2D eigenvalue weighted by Gasteiger charge is -2.27. The highest BCUT2D eigenvalue weighted by Gasteiger charge is 2.42. The number of ether oxygens (including phenoxy) is 1. The molecular weight excluding hydrogens is 242 g/mol. The van der Waals surface area contributed by atoms with Crippen LogP contribution in [0.5, 0.6) is 0 Å². The van der Waals surface area contributed by atoms with Gasteiger partial charge in [0, 0.05) is 12.5 Å². The monoisotopic (exact) mass is 265 g/mol. The van der Waals surface area contributed by atoms with Gasteiger partial charge in [0.05, 0.1) is 12.5 Å². The maximum atomic E-state index is 12.1. The second-order valence-electron chi connectivity index (χ2n) is 5.68. The zero-order valence-corrected chi connectivity index (χ0v) is 11.6. The molecule has 0 aromatic heterocycles. The van der Waals surface area contributed by atoms with Crippen LogP contribution in [-0.2, 0) is 14.3 Å². The molecule has 1 atom stereocenters. The Morgan fingerprint density at radius 1 is 1.32 bits per heavy atom. The van der Waals surface area contributed by atoms with E-state index in [1.807, 2.05) is 0 Å². The average molecular weight is 265 g/mol. The Morgan fingerprint density at radius 2 is 2.05 bits per heavy atom. The van der Waals surface area contributed by atoms with Crippen LogP contribution in [-0.4, -0.2) is 25.5 Å². The van der Waals surface area contributed by atoms with E-state index in [4.69, 9.17) is 4.74 Å². The number of carbonyl (C=O) groups excluding carboxylic acids is 2. The molecule has 1 amide bonds. The van der Waals surface area contributed by atoms with Crippen LogP contribution < -0.4 is 5.32 Å². The van der Waals surface area contributed by atoms with Gasteiger partial charge >= 0.3 is 5.97 Å². The standard InChI is InChI=1S/C15H23NO3/c1-19-14(18)15(9-5-6-10-15)11-16-13(17)12-7-3-2-4-8-12/h2-3,12H,4-11H2,1H3,(H,16,17). The van der Waals surface area contributed by atoms with Gasteiger partial charge in [0.25, 0.3) is 0 Å². The fourth-order valence-corrected chi connectivity index (χ4v) is 3.15. The molecule has 1 N–H and O–H groups in total. The summed E-state index contributed by atoms with van der Waals surface area (Å²) >= 11 is 0. The summed E-state index contributed by atoms with van der Waals surface area (Å²) in [4.78, 5) is 24.1.